The van der Waals surface area contributed by atoms with Gasteiger partial charge in [0.2, 0.25) is 0 Å². The molecule has 0 spiro atoms. The van der Waals surface area contributed by atoms with E-state index in [0.29, 0.717) is 17.8 Å². The van der Waals surface area contributed by atoms with Crippen molar-refractivity contribution in [2.45, 2.75) is 26.7 Å². The third kappa shape index (κ3) is 4.35. The molecule has 0 aliphatic rings. The van der Waals surface area contributed by atoms with Crippen molar-refractivity contribution in [2.24, 2.45) is 0 Å². The Balaban J connectivity index is 1.63. The molecule has 0 radical (unpaired) electrons. The van der Waals surface area contributed by atoms with Crippen molar-refractivity contribution in [3.8, 4) is 10.6 Å². The van der Waals surface area contributed by atoms with Crippen molar-refractivity contribution >= 4 is 17.2 Å². The van der Waals surface area contributed by atoms with Crippen LogP contribution in [-0.2, 0) is 12.8 Å². The Morgan fingerprint density at radius 2 is 1.73 bits per heavy atom. The van der Waals surface area contributed by atoms with Gasteiger partial charge >= 0.3 is 0 Å². The van der Waals surface area contributed by atoms with Crippen LogP contribution in [-0.4, -0.2) is 17.4 Å². The van der Waals surface area contributed by atoms with E-state index in [0.717, 1.165) is 28.2 Å². The van der Waals surface area contributed by atoms with E-state index in [1.165, 1.54) is 29.0 Å². The smallest absolute Gasteiger partial charge is 0.263 e. The lowest BCUT2D eigenvalue weighted by molar-refractivity contribution is 0.0957. The second-order valence-corrected chi connectivity index (χ2v) is 7.12. The summed E-state index contributed by atoms with van der Waals surface area (Å²) in [6, 6.07) is 14.6. The van der Waals surface area contributed by atoms with Crippen molar-refractivity contribution in [1.82, 2.24) is 10.3 Å². The molecular formula is C21H21FN2OS. The molecule has 1 amide bonds. The molecule has 134 valence electrons. The van der Waals surface area contributed by atoms with Crippen LogP contribution in [0.3, 0.4) is 0 Å². The Hall–Kier alpha value is -2.53. The molecule has 1 aromatic heterocycles. The molecule has 0 saturated carbocycles. The number of benzene rings is 2. The molecule has 1 N–H and O–H groups in total. The van der Waals surface area contributed by atoms with Crippen molar-refractivity contribution in [3.05, 3.63) is 76.0 Å². The number of carbonyl (C=O) groups excluding carboxylic acids is 1. The summed E-state index contributed by atoms with van der Waals surface area (Å²) in [7, 11) is 0. The lowest BCUT2D eigenvalue weighted by atomic mass is 10.1. The Morgan fingerprint density at radius 1 is 1.08 bits per heavy atom. The van der Waals surface area contributed by atoms with Gasteiger partial charge in [0.15, 0.2) is 0 Å². The quantitative estimate of drug-likeness (QED) is 0.679. The molecule has 3 rings (SSSR count). The molecule has 1 heterocycles. The van der Waals surface area contributed by atoms with Gasteiger partial charge in [-0.3, -0.25) is 4.79 Å². The van der Waals surface area contributed by atoms with E-state index in [-0.39, 0.29) is 11.7 Å². The highest BCUT2D eigenvalue weighted by Crippen LogP contribution is 2.28. The van der Waals surface area contributed by atoms with Crippen LogP contribution in [0.15, 0.2) is 48.5 Å². The molecule has 0 fully saturated rings. The fraction of sp³-hybridized carbons (Fsp3) is 0.238. The van der Waals surface area contributed by atoms with E-state index >= 15 is 0 Å². The molecule has 0 aliphatic heterocycles. The highest BCUT2D eigenvalue weighted by atomic mass is 32.1. The summed E-state index contributed by atoms with van der Waals surface area (Å²) in [5.41, 5.74) is 4.04. The molecule has 0 saturated heterocycles. The summed E-state index contributed by atoms with van der Waals surface area (Å²) in [4.78, 5) is 17.6. The van der Waals surface area contributed by atoms with Crippen LogP contribution in [0, 0.1) is 12.7 Å². The maximum Gasteiger partial charge on any atom is 0.263 e. The van der Waals surface area contributed by atoms with Crippen LogP contribution in [0.4, 0.5) is 4.39 Å². The van der Waals surface area contributed by atoms with E-state index in [1.54, 1.807) is 12.1 Å². The largest absolute Gasteiger partial charge is 0.351 e. The van der Waals surface area contributed by atoms with Crippen molar-refractivity contribution in [3.63, 3.8) is 0 Å². The van der Waals surface area contributed by atoms with Crippen molar-refractivity contribution in [2.75, 3.05) is 6.54 Å². The number of aromatic nitrogens is 1. The number of nitrogens with zero attached hydrogens (tertiary/aromatic N) is 1. The average molecular weight is 368 g/mol. The second kappa shape index (κ2) is 8.23. The molecule has 0 aliphatic carbocycles. The van der Waals surface area contributed by atoms with Gasteiger partial charge in [-0.25, -0.2) is 9.37 Å². The second-order valence-electron chi connectivity index (χ2n) is 6.12. The van der Waals surface area contributed by atoms with Gasteiger partial charge in [0, 0.05) is 12.1 Å². The van der Waals surface area contributed by atoms with E-state index < -0.39 is 0 Å². The molecule has 2 aromatic carbocycles. The molecule has 0 bridgehead atoms. The van der Waals surface area contributed by atoms with Gasteiger partial charge in [0.25, 0.3) is 5.91 Å². The molecule has 0 atom stereocenters. The highest BCUT2D eigenvalue weighted by Gasteiger charge is 2.15. The summed E-state index contributed by atoms with van der Waals surface area (Å²) < 4.78 is 12.9. The summed E-state index contributed by atoms with van der Waals surface area (Å²) >= 11 is 1.41. The predicted molar refractivity (Wildman–Crippen MR) is 104 cm³/mol. The van der Waals surface area contributed by atoms with Crippen molar-refractivity contribution < 1.29 is 9.18 Å². The molecule has 5 heteroatoms. The molecule has 0 unspecified atom stereocenters. The molecular weight excluding hydrogens is 347 g/mol. The average Bonchev–Trinajstić information content (AvgIpc) is 3.05. The van der Waals surface area contributed by atoms with Gasteiger partial charge in [-0.1, -0.05) is 43.3 Å². The normalized spacial score (nSPS) is 10.7. The van der Waals surface area contributed by atoms with Gasteiger partial charge in [-0.2, -0.15) is 0 Å². The zero-order valence-corrected chi connectivity index (χ0v) is 15.7. The SMILES string of the molecule is CCc1ccc(-c2nc(C)c(C(=O)NCCc3ccc(F)cc3)s2)cc1. The topological polar surface area (TPSA) is 42.0 Å². The van der Waals surface area contributed by atoms with Gasteiger partial charge in [0.1, 0.15) is 15.7 Å². The lowest BCUT2D eigenvalue weighted by Gasteiger charge is -2.04. The Labute approximate surface area is 156 Å². The van der Waals surface area contributed by atoms with Crippen LogP contribution < -0.4 is 5.32 Å². The summed E-state index contributed by atoms with van der Waals surface area (Å²) in [6.07, 6.45) is 1.66. The third-order valence-electron chi connectivity index (χ3n) is 4.22. The number of hydrogen-bond donors (Lipinski definition) is 1. The number of carbonyl (C=O) groups is 1. The predicted octanol–water partition coefficient (Wildman–Crippen LogP) is 4.79. The Bertz CT molecular complexity index is 885. The number of thiazole rings is 1. The van der Waals surface area contributed by atoms with Crippen LogP contribution in [0.5, 0.6) is 0 Å². The zero-order chi connectivity index (χ0) is 18.5. The van der Waals surface area contributed by atoms with Gasteiger partial charge < -0.3 is 5.32 Å². The molecule has 3 nitrogen and oxygen atoms in total. The third-order valence-corrected chi connectivity index (χ3v) is 5.43. The van der Waals surface area contributed by atoms with Crippen molar-refractivity contribution in [1.29, 1.82) is 0 Å². The summed E-state index contributed by atoms with van der Waals surface area (Å²) in [5, 5.41) is 3.78. The first-order valence-corrected chi connectivity index (χ1v) is 9.48. The van der Waals surface area contributed by atoms with E-state index in [9.17, 15) is 9.18 Å². The number of rotatable bonds is 6. The van der Waals surface area contributed by atoms with Gasteiger partial charge in [-0.05, 0) is 43.0 Å². The minimum absolute atomic E-state index is 0.112. The first kappa shape index (κ1) is 18.3. The minimum Gasteiger partial charge on any atom is -0.351 e. The summed E-state index contributed by atoms with van der Waals surface area (Å²) in [5.74, 6) is -0.365. The first-order valence-electron chi connectivity index (χ1n) is 8.66. The maximum absolute atomic E-state index is 12.9. The Morgan fingerprint density at radius 3 is 2.38 bits per heavy atom. The number of hydrogen-bond acceptors (Lipinski definition) is 3. The van der Waals surface area contributed by atoms with Crippen LogP contribution in [0.25, 0.3) is 10.6 Å². The number of amides is 1. The first-order chi connectivity index (χ1) is 12.6. The van der Waals surface area contributed by atoms with E-state index in [4.69, 9.17) is 0 Å². The fourth-order valence-electron chi connectivity index (χ4n) is 2.67. The van der Waals surface area contributed by atoms with Crippen LogP contribution in [0.1, 0.15) is 33.4 Å². The Kier molecular flexibility index (Phi) is 5.78. The monoisotopic (exact) mass is 368 g/mol. The molecule has 26 heavy (non-hydrogen) atoms. The van der Waals surface area contributed by atoms with Crippen LogP contribution in [0.2, 0.25) is 0 Å². The van der Waals surface area contributed by atoms with Crippen LogP contribution >= 0.6 is 11.3 Å². The molecule has 3 aromatic rings. The number of aryl methyl sites for hydroxylation is 2. The number of nitrogens with one attached hydrogen (secondary N) is 1. The maximum atomic E-state index is 12.9. The number of halogens is 1. The van der Waals surface area contributed by atoms with E-state index in [2.05, 4.69) is 29.4 Å². The zero-order valence-electron chi connectivity index (χ0n) is 14.9. The van der Waals surface area contributed by atoms with Gasteiger partial charge in [0.05, 0.1) is 5.69 Å². The lowest BCUT2D eigenvalue weighted by Crippen LogP contribution is -2.25. The highest BCUT2D eigenvalue weighted by molar-refractivity contribution is 7.17. The standard InChI is InChI=1S/C21H21FN2OS/c1-3-15-4-8-17(9-5-15)21-24-14(2)19(26-21)20(25)23-13-12-16-6-10-18(22)11-7-16/h4-11H,3,12-13H2,1-2H3,(H,23,25). The van der Waals surface area contributed by atoms with E-state index in [1.807, 2.05) is 19.1 Å². The summed E-state index contributed by atoms with van der Waals surface area (Å²) in [6.45, 7) is 4.48. The minimum atomic E-state index is -0.252. The van der Waals surface area contributed by atoms with Gasteiger partial charge in [-0.15, -0.1) is 11.3 Å². The fourth-order valence-corrected chi connectivity index (χ4v) is 3.65.